The Bertz CT molecular complexity index is 1080. The van der Waals surface area contributed by atoms with Gasteiger partial charge >= 0.3 is 0 Å². The van der Waals surface area contributed by atoms with Crippen molar-refractivity contribution in [1.82, 2.24) is 15.1 Å². The lowest BCUT2D eigenvalue weighted by atomic mass is 9.96. The number of carbonyl (C=O) groups is 1. The van der Waals surface area contributed by atoms with Crippen LogP contribution < -0.4 is 5.32 Å². The van der Waals surface area contributed by atoms with E-state index < -0.39 is 0 Å². The molecular formula is C25H30FN3O. The lowest BCUT2D eigenvalue weighted by Gasteiger charge is -2.24. The van der Waals surface area contributed by atoms with E-state index in [1.807, 2.05) is 55.8 Å². The Kier molecular flexibility index (Phi) is 5.59. The number of hydrogen-bond donors (Lipinski definition) is 1. The Morgan fingerprint density at radius 1 is 0.933 bits per heavy atom. The predicted octanol–water partition coefficient (Wildman–Crippen LogP) is 5.95. The molecule has 1 aromatic heterocycles. The van der Waals surface area contributed by atoms with Gasteiger partial charge in [0.1, 0.15) is 5.82 Å². The summed E-state index contributed by atoms with van der Waals surface area (Å²) >= 11 is 0. The molecule has 3 aromatic rings. The summed E-state index contributed by atoms with van der Waals surface area (Å²) in [7, 11) is 0. The van der Waals surface area contributed by atoms with Crippen molar-refractivity contribution in [2.75, 3.05) is 0 Å². The van der Waals surface area contributed by atoms with Crippen molar-refractivity contribution in [2.24, 2.45) is 0 Å². The summed E-state index contributed by atoms with van der Waals surface area (Å²) in [5, 5.41) is 7.50. The predicted molar refractivity (Wildman–Crippen MR) is 120 cm³/mol. The van der Waals surface area contributed by atoms with Crippen LogP contribution in [0.4, 0.5) is 4.39 Å². The molecule has 0 saturated heterocycles. The van der Waals surface area contributed by atoms with E-state index in [2.05, 4.69) is 31.2 Å². The number of amides is 1. The topological polar surface area (TPSA) is 46.9 Å². The van der Waals surface area contributed by atoms with Gasteiger partial charge in [0.05, 0.1) is 11.2 Å². The molecule has 0 unspecified atom stereocenters. The first-order valence-corrected chi connectivity index (χ1v) is 10.1. The average Bonchev–Trinajstić information content (AvgIpc) is 3.12. The molecule has 30 heavy (non-hydrogen) atoms. The molecule has 0 bridgehead atoms. The van der Waals surface area contributed by atoms with Crippen molar-refractivity contribution in [3.8, 4) is 22.4 Å². The Morgan fingerprint density at radius 3 is 2.20 bits per heavy atom. The number of benzene rings is 2. The van der Waals surface area contributed by atoms with Gasteiger partial charge in [0.15, 0.2) is 0 Å². The molecule has 0 spiro atoms. The van der Waals surface area contributed by atoms with Crippen LogP contribution in [0.15, 0.2) is 48.7 Å². The standard InChI is InChI=1S/C25H30FN3O/c1-16-8-9-17(15-21(16)26)18-12-19(22-10-11-27-29(22)25(5,6)7)14-20(13-18)23(30)28-24(2,3)4/h8-15H,1-7H3,(H,28,30). The molecule has 1 N–H and O–H groups in total. The highest BCUT2D eigenvalue weighted by atomic mass is 19.1. The molecule has 1 heterocycles. The molecule has 0 aliphatic carbocycles. The number of halogens is 1. The van der Waals surface area contributed by atoms with E-state index in [-0.39, 0.29) is 22.8 Å². The Labute approximate surface area is 178 Å². The van der Waals surface area contributed by atoms with Gasteiger partial charge in [-0.05, 0) is 95.5 Å². The zero-order valence-electron chi connectivity index (χ0n) is 18.8. The maximum Gasteiger partial charge on any atom is 0.251 e. The molecule has 4 nitrogen and oxygen atoms in total. The minimum absolute atomic E-state index is 0.167. The maximum atomic E-state index is 14.2. The molecule has 0 radical (unpaired) electrons. The summed E-state index contributed by atoms with van der Waals surface area (Å²) < 4.78 is 16.2. The maximum absolute atomic E-state index is 14.2. The lowest BCUT2D eigenvalue weighted by Crippen LogP contribution is -2.40. The van der Waals surface area contributed by atoms with Crippen molar-refractivity contribution >= 4 is 5.91 Å². The first kappa shape index (κ1) is 21.8. The van der Waals surface area contributed by atoms with E-state index in [0.717, 1.165) is 22.4 Å². The highest BCUT2D eigenvalue weighted by molar-refractivity contribution is 5.97. The number of hydrogen-bond acceptors (Lipinski definition) is 2. The fraction of sp³-hybridized carbons (Fsp3) is 0.360. The highest BCUT2D eigenvalue weighted by Crippen LogP contribution is 2.31. The number of aromatic nitrogens is 2. The summed E-state index contributed by atoms with van der Waals surface area (Å²) in [4.78, 5) is 13.0. The lowest BCUT2D eigenvalue weighted by molar-refractivity contribution is 0.0919. The molecule has 0 atom stereocenters. The summed E-state index contributed by atoms with van der Waals surface area (Å²) in [5.74, 6) is -0.432. The molecule has 0 saturated carbocycles. The quantitative estimate of drug-likeness (QED) is 0.583. The van der Waals surface area contributed by atoms with Crippen molar-refractivity contribution in [1.29, 1.82) is 0 Å². The van der Waals surface area contributed by atoms with Crippen LogP contribution in [-0.2, 0) is 5.54 Å². The number of aryl methyl sites for hydroxylation is 1. The van der Waals surface area contributed by atoms with Crippen LogP contribution in [-0.4, -0.2) is 21.2 Å². The third-order valence-corrected chi connectivity index (χ3v) is 4.76. The molecule has 0 aliphatic heterocycles. The van der Waals surface area contributed by atoms with Gasteiger partial charge < -0.3 is 5.32 Å². The highest BCUT2D eigenvalue weighted by Gasteiger charge is 2.21. The van der Waals surface area contributed by atoms with Crippen molar-refractivity contribution in [3.63, 3.8) is 0 Å². The summed E-state index contributed by atoms with van der Waals surface area (Å²) in [6.45, 7) is 13.8. The average molecular weight is 408 g/mol. The van der Waals surface area contributed by atoms with Gasteiger partial charge in [-0.3, -0.25) is 9.48 Å². The van der Waals surface area contributed by atoms with Crippen LogP contribution in [0.2, 0.25) is 0 Å². The van der Waals surface area contributed by atoms with Crippen LogP contribution in [0, 0.1) is 12.7 Å². The molecule has 2 aromatic carbocycles. The zero-order valence-corrected chi connectivity index (χ0v) is 18.8. The molecule has 158 valence electrons. The van der Waals surface area contributed by atoms with Crippen molar-refractivity contribution < 1.29 is 9.18 Å². The first-order chi connectivity index (χ1) is 13.8. The van der Waals surface area contributed by atoms with Crippen LogP contribution in [0.25, 0.3) is 22.4 Å². The number of carbonyl (C=O) groups excluding carboxylic acids is 1. The largest absolute Gasteiger partial charge is 0.347 e. The van der Waals surface area contributed by atoms with Crippen molar-refractivity contribution in [3.05, 3.63) is 65.6 Å². The van der Waals surface area contributed by atoms with Crippen LogP contribution >= 0.6 is 0 Å². The summed E-state index contributed by atoms with van der Waals surface area (Å²) in [6.07, 6.45) is 1.76. The number of nitrogens with one attached hydrogen (secondary N) is 1. The van der Waals surface area contributed by atoms with Gasteiger partial charge in [-0.2, -0.15) is 5.10 Å². The van der Waals surface area contributed by atoms with E-state index in [4.69, 9.17) is 0 Å². The van der Waals surface area contributed by atoms with E-state index >= 15 is 0 Å². The van der Waals surface area contributed by atoms with Crippen molar-refractivity contribution in [2.45, 2.75) is 59.5 Å². The van der Waals surface area contributed by atoms with Crippen LogP contribution in [0.3, 0.4) is 0 Å². The second-order valence-corrected chi connectivity index (χ2v) is 9.77. The third-order valence-electron chi connectivity index (χ3n) is 4.76. The molecule has 1 amide bonds. The van der Waals surface area contributed by atoms with Gasteiger partial charge in [0.2, 0.25) is 0 Å². The zero-order chi connectivity index (χ0) is 22.3. The Hall–Kier alpha value is -2.95. The smallest absolute Gasteiger partial charge is 0.251 e. The van der Waals surface area contributed by atoms with E-state index in [1.54, 1.807) is 19.2 Å². The fourth-order valence-corrected chi connectivity index (χ4v) is 3.31. The Morgan fingerprint density at radius 2 is 1.60 bits per heavy atom. The van der Waals surface area contributed by atoms with Gasteiger partial charge in [-0.1, -0.05) is 12.1 Å². The number of rotatable bonds is 3. The molecule has 3 rings (SSSR count). The fourth-order valence-electron chi connectivity index (χ4n) is 3.31. The van der Waals surface area contributed by atoms with Gasteiger partial charge in [-0.25, -0.2) is 4.39 Å². The second kappa shape index (κ2) is 7.71. The van der Waals surface area contributed by atoms with Gasteiger partial charge in [-0.15, -0.1) is 0 Å². The molecule has 0 aliphatic rings. The first-order valence-electron chi connectivity index (χ1n) is 10.1. The molecule has 0 fully saturated rings. The number of nitrogens with zero attached hydrogens (tertiary/aromatic N) is 2. The van der Waals surface area contributed by atoms with Crippen LogP contribution in [0.5, 0.6) is 0 Å². The summed E-state index contributed by atoms with van der Waals surface area (Å²) in [6, 6.07) is 12.8. The van der Waals surface area contributed by atoms with E-state index in [1.165, 1.54) is 6.07 Å². The molecular weight excluding hydrogens is 377 g/mol. The summed E-state index contributed by atoms with van der Waals surface area (Å²) in [5.41, 5.74) is 3.81. The molecule has 5 heteroatoms. The van der Waals surface area contributed by atoms with Gasteiger partial charge in [0.25, 0.3) is 5.91 Å². The monoisotopic (exact) mass is 407 g/mol. The Balaban J connectivity index is 2.20. The SMILES string of the molecule is Cc1ccc(-c2cc(C(=O)NC(C)(C)C)cc(-c3ccnn3C(C)(C)C)c2)cc1F. The normalized spacial score (nSPS) is 12.1. The third kappa shape index (κ3) is 4.78. The van der Waals surface area contributed by atoms with Crippen LogP contribution in [0.1, 0.15) is 57.5 Å². The van der Waals surface area contributed by atoms with Gasteiger partial charge in [0, 0.05) is 22.9 Å². The second-order valence-electron chi connectivity index (χ2n) is 9.77. The minimum atomic E-state index is -0.365. The van der Waals surface area contributed by atoms with E-state index in [0.29, 0.717) is 11.1 Å². The van der Waals surface area contributed by atoms with E-state index in [9.17, 15) is 9.18 Å². The minimum Gasteiger partial charge on any atom is -0.347 e.